The van der Waals surface area contributed by atoms with Crippen molar-refractivity contribution >= 4 is 0 Å². The van der Waals surface area contributed by atoms with Crippen molar-refractivity contribution in [1.29, 1.82) is 0 Å². The Labute approximate surface area is 86.8 Å². The number of hydrogen-bond acceptors (Lipinski definition) is 4. The van der Waals surface area contributed by atoms with Crippen LogP contribution in [0.1, 0.15) is 19.3 Å². The zero-order chi connectivity index (χ0) is 10.4. The highest BCUT2D eigenvalue weighted by atomic mass is 16.5. The molecule has 1 aliphatic heterocycles. The summed E-state index contributed by atoms with van der Waals surface area (Å²) in [6.45, 7) is 2.88. The minimum atomic E-state index is 0.446. The first kappa shape index (κ1) is 11.9. The fraction of sp³-hybridized carbons (Fsp3) is 1.00. The number of hydrazine groups is 1. The van der Waals surface area contributed by atoms with E-state index in [9.17, 15) is 0 Å². The maximum atomic E-state index is 5.58. The molecule has 0 aromatic heterocycles. The van der Waals surface area contributed by atoms with E-state index in [0.29, 0.717) is 12.0 Å². The highest BCUT2D eigenvalue weighted by Gasteiger charge is 2.22. The molecule has 1 heterocycles. The van der Waals surface area contributed by atoms with Gasteiger partial charge in [0.05, 0.1) is 0 Å². The Morgan fingerprint density at radius 2 is 2.07 bits per heavy atom. The molecule has 1 saturated heterocycles. The van der Waals surface area contributed by atoms with Crippen LogP contribution in [0.2, 0.25) is 0 Å². The molecule has 0 aromatic carbocycles. The number of hydrogen-bond donors (Lipinski definition) is 2. The Kier molecular flexibility index (Phi) is 5.40. The van der Waals surface area contributed by atoms with Gasteiger partial charge in [0.2, 0.25) is 0 Å². The van der Waals surface area contributed by atoms with E-state index in [1.54, 1.807) is 0 Å². The Morgan fingerprint density at radius 1 is 1.43 bits per heavy atom. The first-order valence-electron chi connectivity index (χ1n) is 5.42. The highest BCUT2D eigenvalue weighted by Crippen LogP contribution is 2.20. The van der Waals surface area contributed by atoms with Crippen LogP contribution in [-0.2, 0) is 4.74 Å². The van der Waals surface area contributed by atoms with Gasteiger partial charge in [0.1, 0.15) is 0 Å². The maximum absolute atomic E-state index is 5.58. The van der Waals surface area contributed by atoms with Crippen molar-refractivity contribution in [3.05, 3.63) is 0 Å². The van der Waals surface area contributed by atoms with Crippen molar-refractivity contribution in [1.82, 2.24) is 10.3 Å². The zero-order valence-corrected chi connectivity index (χ0v) is 9.33. The predicted octanol–water partition coefficient (Wildman–Crippen LogP) is 0.197. The molecule has 4 nitrogen and oxygen atoms in total. The Bertz CT molecular complexity index is 146. The van der Waals surface area contributed by atoms with Gasteiger partial charge in [-0.3, -0.25) is 11.3 Å². The van der Waals surface area contributed by atoms with Gasteiger partial charge in [0, 0.05) is 19.3 Å². The molecule has 0 saturated carbocycles. The second-order valence-electron chi connectivity index (χ2n) is 4.31. The molecule has 0 bridgehead atoms. The van der Waals surface area contributed by atoms with E-state index in [-0.39, 0.29) is 0 Å². The second kappa shape index (κ2) is 6.35. The summed E-state index contributed by atoms with van der Waals surface area (Å²) in [7, 11) is 4.19. The van der Waals surface area contributed by atoms with Gasteiger partial charge < -0.3 is 9.64 Å². The summed E-state index contributed by atoms with van der Waals surface area (Å²) in [6.07, 6.45) is 3.40. The fourth-order valence-electron chi connectivity index (χ4n) is 1.97. The van der Waals surface area contributed by atoms with Gasteiger partial charge in [-0.15, -0.1) is 0 Å². The molecule has 84 valence electrons. The number of nitrogens with one attached hydrogen (secondary N) is 1. The summed E-state index contributed by atoms with van der Waals surface area (Å²) in [5, 5.41) is 0. The number of rotatable bonds is 5. The molecule has 14 heavy (non-hydrogen) atoms. The van der Waals surface area contributed by atoms with E-state index < -0.39 is 0 Å². The smallest absolute Gasteiger partial charge is 0.0469 e. The summed E-state index contributed by atoms with van der Waals surface area (Å²) in [6, 6.07) is 0.446. The third-order valence-corrected chi connectivity index (χ3v) is 2.94. The zero-order valence-electron chi connectivity index (χ0n) is 9.33. The number of nitrogens with two attached hydrogens (primary N) is 1. The van der Waals surface area contributed by atoms with Gasteiger partial charge in [0.25, 0.3) is 0 Å². The predicted molar refractivity (Wildman–Crippen MR) is 57.8 cm³/mol. The number of ether oxygens (including phenoxy) is 1. The van der Waals surface area contributed by atoms with E-state index in [2.05, 4.69) is 24.4 Å². The van der Waals surface area contributed by atoms with Crippen LogP contribution in [0.15, 0.2) is 0 Å². The Balaban J connectivity index is 2.28. The SMILES string of the molecule is CN(C)CCC(NN)C1CCOCC1. The lowest BCUT2D eigenvalue weighted by molar-refractivity contribution is 0.0516. The van der Waals surface area contributed by atoms with E-state index in [1.807, 2.05) is 0 Å². The van der Waals surface area contributed by atoms with Crippen molar-refractivity contribution in [2.45, 2.75) is 25.3 Å². The third-order valence-electron chi connectivity index (χ3n) is 2.94. The molecule has 0 aliphatic carbocycles. The fourth-order valence-corrected chi connectivity index (χ4v) is 1.97. The molecule has 1 fully saturated rings. The molecule has 0 amide bonds. The summed E-state index contributed by atoms with van der Waals surface area (Å²) >= 11 is 0. The molecule has 1 atom stereocenters. The second-order valence-corrected chi connectivity index (χ2v) is 4.31. The Hall–Kier alpha value is -0.160. The lowest BCUT2D eigenvalue weighted by Gasteiger charge is -2.30. The van der Waals surface area contributed by atoms with Crippen molar-refractivity contribution in [2.75, 3.05) is 33.9 Å². The normalized spacial score (nSPS) is 21.4. The minimum absolute atomic E-state index is 0.446. The van der Waals surface area contributed by atoms with Crippen molar-refractivity contribution in [3.63, 3.8) is 0 Å². The van der Waals surface area contributed by atoms with Gasteiger partial charge in [0.15, 0.2) is 0 Å². The quantitative estimate of drug-likeness (QED) is 0.493. The largest absolute Gasteiger partial charge is 0.381 e. The lowest BCUT2D eigenvalue weighted by Crippen LogP contribution is -2.44. The van der Waals surface area contributed by atoms with Crippen LogP contribution in [0.25, 0.3) is 0 Å². The van der Waals surface area contributed by atoms with E-state index >= 15 is 0 Å². The summed E-state index contributed by atoms with van der Waals surface area (Å²) in [5.41, 5.74) is 2.94. The molecular weight excluding hydrogens is 178 g/mol. The molecule has 0 radical (unpaired) electrons. The van der Waals surface area contributed by atoms with Crippen LogP contribution in [0.3, 0.4) is 0 Å². The third kappa shape index (κ3) is 3.92. The van der Waals surface area contributed by atoms with E-state index in [4.69, 9.17) is 10.6 Å². The van der Waals surface area contributed by atoms with Gasteiger partial charge in [-0.25, -0.2) is 0 Å². The van der Waals surface area contributed by atoms with Gasteiger partial charge in [-0.2, -0.15) is 0 Å². The van der Waals surface area contributed by atoms with Crippen LogP contribution in [-0.4, -0.2) is 44.8 Å². The van der Waals surface area contributed by atoms with E-state index in [0.717, 1.165) is 39.0 Å². The molecule has 3 N–H and O–H groups in total. The summed E-state index contributed by atoms with van der Waals surface area (Å²) in [5.74, 6) is 6.27. The van der Waals surface area contributed by atoms with Crippen LogP contribution in [0, 0.1) is 5.92 Å². The lowest BCUT2D eigenvalue weighted by atomic mass is 9.90. The standard InChI is InChI=1S/C10H23N3O/c1-13(2)6-3-10(12-11)9-4-7-14-8-5-9/h9-10,12H,3-8,11H2,1-2H3. The molecule has 1 aliphatic rings. The average molecular weight is 201 g/mol. The molecule has 1 rings (SSSR count). The maximum Gasteiger partial charge on any atom is 0.0469 e. The monoisotopic (exact) mass is 201 g/mol. The molecule has 1 unspecified atom stereocenters. The van der Waals surface area contributed by atoms with Crippen LogP contribution in [0.4, 0.5) is 0 Å². The van der Waals surface area contributed by atoms with E-state index in [1.165, 1.54) is 0 Å². The first-order chi connectivity index (χ1) is 6.74. The van der Waals surface area contributed by atoms with Crippen LogP contribution < -0.4 is 11.3 Å². The van der Waals surface area contributed by atoms with Crippen molar-refractivity contribution < 1.29 is 4.74 Å². The van der Waals surface area contributed by atoms with Gasteiger partial charge >= 0.3 is 0 Å². The minimum Gasteiger partial charge on any atom is -0.381 e. The molecular formula is C10H23N3O. The van der Waals surface area contributed by atoms with Crippen molar-refractivity contribution in [2.24, 2.45) is 11.8 Å². The molecule has 0 aromatic rings. The number of nitrogens with zero attached hydrogens (tertiary/aromatic N) is 1. The molecule has 0 spiro atoms. The summed E-state index contributed by atoms with van der Waals surface area (Å²) in [4.78, 5) is 2.20. The summed E-state index contributed by atoms with van der Waals surface area (Å²) < 4.78 is 5.34. The van der Waals surface area contributed by atoms with Gasteiger partial charge in [-0.05, 0) is 45.8 Å². The van der Waals surface area contributed by atoms with Crippen molar-refractivity contribution in [3.8, 4) is 0 Å². The highest BCUT2D eigenvalue weighted by molar-refractivity contribution is 4.77. The van der Waals surface area contributed by atoms with Crippen LogP contribution >= 0.6 is 0 Å². The van der Waals surface area contributed by atoms with Crippen LogP contribution in [0.5, 0.6) is 0 Å². The Morgan fingerprint density at radius 3 is 2.57 bits per heavy atom. The molecule has 4 heteroatoms. The topological polar surface area (TPSA) is 50.5 Å². The average Bonchev–Trinajstić information content (AvgIpc) is 2.20. The first-order valence-corrected chi connectivity index (χ1v) is 5.42. The van der Waals surface area contributed by atoms with Gasteiger partial charge in [-0.1, -0.05) is 0 Å².